The van der Waals surface area contributed by atoms with Gasteiger partial charge in [-0.05, 0) is 44.0 Å². The maximum Gasteiger partial charge on any atom is 0.332 e. The zero-order chi connectivity index (χ0) is 23.1. The van der Waals surface area contributed by atoms with Gasteiger partial charge in [-0.15, -0.1) is 0 Å². The van der Waals surface area contributed by atoms with Crippen LogP contribution in [0, 0.1) is 5.92 Å². The van der Waals surface area contributed by atoms with E-state index in [1.54, 1.807) is 14.2 Å². The van der Waals surface area contributed by atoms with Crippen LogP contribution in [0.1, 0.15) is 26.2 Å². The summed E-state index contributed by atoms with van der Waals surface area (Å²) in [6.45, 7) is 6.81. The molecule has 0 radical (unpaired) electrons. The fourth-order valence-electron chi connectivity index (χ4n) is 5.12. The second-order valence-electron chi connectivity index (χ2n) is 9.31. The third-order valence-electron chi connectivity index (χ3n) is 6.90. The van der Waals surface area contributed by atoms with Gasteiger partial charge in [0.05, 0.1) is 7.11 Å². The SMILES string of the molecule is COc1cccc(N2C[C@@H](C)Cn3c2nc2c3c(=O)n(CCN3CCCCC3)c(=O)n2C)c1. The first-order chi connectivity index (χ1) is 16.0. The molecule has 2 aliphatic heterocycles. The maximum absolute atomic E-state index is 13.6. The highest BCUT2D eigenvalue weighted by atomic mass is 16.5. The van der Waals surface area contributed by atoms with Crippen molar-refractivity contribution in [1.29, 1.82) is 0 Å². The molecule has 4 heterocycles. The molecule has 1 fully saturated rings. The number of anilines is 2. The van der Waals surface area contributed by atoms with Gasteiger partial charge < -0.3 is 19.1 Å². The maximum atomic E-state index is 13.6. The fraction of sp³-hybridized carbons (Fsp3) is 0.542. The van der Waals surface area contributed by atoms with Crippen molar-refractivity contribution in [1.82, 2.24) is 23.6 Å². The van der Waals surface area contributed by atoms with E-state index in [2.05, 4.69) is 16.7 Å². The summed E-state index contributed by atoms with van der Waals surface area (Å²) in [5, 5.41) is 0. The molecule has 0 saturated carbocycles. The zero-order valence-electron chi connectivity index (χ0n) is 19.7. The van der Waals surface area contributed by atoms with Crippen LogP contribution in [0.4, 0.5) is 11.6 Å². The van der Waals surface area contributed by atoms with Crippen LogP contribution in [-0.2, 0) is 20.1 Å². The number of nitrogens with zero attached hydrogens (tertiary/aromatic N) is 6. The van der Waals surface area contributed by atoms with Crippen LogP contribution in [0.2, 0.25) is 0 Å². The van der Waals surface area contributed by atoms with E-state index in [4.69, 9.17) is 9.72 Å². The number of hydrogen-bond acceptors (Lipinski definition) is 6. The van der Waals surface area contributed by atoms with Gasteiger partial charge in [-0.25, -0.2) is 4.79 Å². The first-order valence-corrected chi connectivity index (χ1v) is 11.8. The highest BCUT2D eigenvalue weighted by Gasteiger charge is 2.30. The smallest absolute Gasteiger partial charge is 0.332 e. The summed E-state index contributed by atoms with van der Waals surface area (Å²) in [7, 11) is 3.36. The summed E-state index contributed by atoms with van der Waals surface area (Å²) in [5.74, 6) is 1.76. The van der Waals surface area contributed by atoms with Crippen molar-refractivity contribution < 1.29 is 4.74 Å². The van der Waals surface area contributed by atoms with E-state index >= 15 is 0 Å². The van der Waals surface area contributed by atoms with Gasteiger partial charge in [-0.2, -0.15) is 4.98 Å². The molecule has 1 atom stereocenters. The van der Waals surface area contributed by atoms with E-state index < -0.39 is 0 Å². The predicted octanol–water partition coefficient (Wildman–Crippen LogP) is 2.18. The van der Waals surface area contributed by atoms with Gasteiger partial charge in [-0.1, -0.05) is 19.4 Å². The summed E-state index contributed by atoms with van der Waals surface area (Å²) in [6, 6.07) is 7.84. The van der Waals surface area contributed by atoms with Crippen LogP contribution in [-0.4, -0.2) is 56.9 Å². The topological polar surface area (TPSA) is 77.5 Å². The Labute approximate surface area is 192 Å². The fourth-order valence-corrected chi connectivity index (χ4v) is 5.12. The molecular formula is C24H32N6O3. The Morgan fingerprint density at radius 2 is 1.88 bits per heavy atom. The average Bonchev–Trinajstić information content (AvgIpc) is 3.22. The van der Waals surface area contributed by atoms with E-state index in [9.17, 15) is 9.59 Å². The molecule has 0 N–H and O–H groups in total. The lowest BCUT2D eigenvalue weighted by atomic mass is 10.1. The van der Waals surface area contributed by atoms with Crippen molar-refractivity contribution in [2.75, 3.05) is 38.2 Å². The first kappa shape index (κ1) is 21.8. The van der Waals surface area contributed by atoms with Crippen molar-refractivity contribution in [2.45, 2.75) is 39.3 Å². The molecule has 33 heavy (non-hydrogen) atoms. The summed E-state index contributed by atoms with van der Waals surface area (Å²) < 4.78 is 10.3. The summed E-state index contributed by atoms with van der Waals surface area (Å²) in [4.78, 5) is 36.0. The molecule has 0 amide bonds. The Bertz CT molecular complexity index is 1280. The largest absolute Gasteiger partial charge is 0.497 e. The van der Waals surface area contributed by atoms with Crippen LogP contribution >= 0.6 is 0 Å². The van der Waals surface area contributed by atoms with Gasteiger partial charge in [0.2, 0.25) is 5.95 Å². The summed E-state index contributed by atoms with van der Waals surface area (Å²) in [6.07, 6.45) is 3.62. The first-order valence-electron chi connectivity index (χ1n) is 11.8. The van der Waals surface area contributed by atoms with E-state index in [1.807, 2.05) is 28.8 Å². The van der Waals surface area contributed by atoms with Crippen molar-refractivity contribution >= 4 is 22.8 Å². The monoisotopic (exact) mass is 452 g/mol. The van der Waals surface area contributed by atoms with Gasteiger partial charge in [0.15, 0.2) is 11.2 Å². The molecule has 1 saturated heterocycles. The third-order valence-corrected chi connectivity index (χ3v) is 6.90. The number of imidazole rings is 1. The van der Waals surface area contributed by atoms with E-state index in [1.165, 1.54) is 28.4 Å². The van der Waals surface area contributed by atoms with Crippen LogP contribution in [0.5, 0.6) is 5.75 Å². The lowest BCUT2D eigenvalue weighted by Gasteiger charge is -2.33. The zero-order valence-corrected chi connectivity index (χ0v) is 19.7. The van der Waals surface area contributed by atoms with Gasteiger partial charge >= 0.3 is 5.69 Å². The normalized spacial score (nSPS) is 19.1. The number of hydrogen-bond donors (Lipinski definition) is 0. The van der Waals surface area contributed by atoms with Crippen molar-refractivity contribution in [3.63, 3.8) is 0 Å². The van der Waals surface area contributed by atoms with Gasteiger partial charge in [0.25, 0.3) is 5.56 Å². The number of likely N-dealkylation sites (tertiary alicyclic amines) is 1. The van der Waals surface area contributed by atoms with E-state index in [-0.39, 0.29) is 11.2 Å². The van der Waals surface area contributed by atoms with Crippen molar-refractivity contribution in [2.24, 2.45) is 13.0 Å². The molecule has 1 aromatic carbocycles. The Morgan fingerprint density at radius 3 is 2.64 bits per heavy atom. The minimum absolute atomic E-state index is 0.247. The van der Waals surface area contributed by atoms with Crippen LogP contribution in [0.3, 0.4) is 0 Å². The Morgan fingerprint density at radius 1 is 1.09 bits per heavy atom. The lowest BCUT2D eigenvalue weighted by Crippen LogP contribution is -2.43. The molecule has 2 aromatic heterocycles. The van der Waals surface area contributed by atoms with Crippen LogP contribution < -0.4 is 20.9 Å². The van der Waals surface area contributed by atoms with Crippen molar-refractivity contribution in [3.05, 3.63) is 45.1 Å². The molecule has 0 spiro atoms. The molecule has 3 aromatic rings. The molecule has 0 aliphatic carbocycles. The second kappa shape index (κ2) is 8.70. The third kappa shape index (κ3) is 3.84. The Kier molecular flexibility index (Phi) is 5.74. The molecule has 5 rings (SSSR count). The quantitative estimate of drug-likeness (QED) is 0.591. The number of methoxy groups -OCH3 is 1. The average molecular weight is 453 g/mol. The number of aryl methyl sites for hydroxylation is 1. The van der Waals surface area contributed by atoms with Gasteiger partial charge in [-0.3, -0.25) is 13.9 Å². The minimum atomic E-state index is -0.305. The highest BCUT2D eigenvalue weighted by molar-refractivity contribution is 5.77. The molecule has 2 aliphatic rings. The number of piperidine rings is 1. The molecule has 0 bridgehead atoms. The molecule has 9 nitrogen and oxygen atoms in total. The number of aromatic nitrogens is 4. The van der Waals surface area contributed by atoms with E-state index in [0.717, 1.165) is 31.1 Å². The second-order valence-corrected chi connectivity index (χ2v) is 9.31. The number of ether oxygens (including phenoxy) is 1. The van der Waals surface area contributed by atoms with Crippen molar-refractivity contribution in [3.8, 4) is 5.75 Å². The Hall–Kier alpha value is -3.07. The predicted molar refractivity (Wildman–Crippen MR) is 129 cm³/mol. The highest BCUT2D eigenvalue weighted by Crippen LogP contribution is 2.34. The number of benzene rings is 1. The number of fused-ring (bicyclic) bond motifs is 3. The number of rotatable bonds is 5. The summed E-state index contributed by atoms with van der Waals surface area (Å²) in [5.41, 5.74) is 1.35. The van der Waals surface area contributed by atoms with Crippen LogP contribution in [0.25, 0.3) is 11.2 Å². The molecular weight excluding hydrogens is 420 g/mol. The Balaban J connectivity index is 1.60. The minimum Gasteiger partial charge on any atom is -0.497 e. The standard InChI is InChI=1S/C24H32N6O3/c1-17-15-29(18-8-7-9-19(14-18)33-3)23-25-21-20(30(23)16-17)22(31)28(24(32)26(21)2)13-12-27-10-5-4-6-11-27/h7-9,14,17H,4-6,10-13,15-16H2,1-3H3/t17-/m1/s1. The molecule has 9 heteroatoms. The van der Waals surface area contributed by atoms with Crippen LogP contribution in [0.15, 0.2) is 33.9 Å². The lowest BCUT2D eigenvalue weighted by molar-refractivity contribution is 0.218. The van der Waals surface area contributed by atoms with E-state index in [0.29, 0.717) is 42.7 Å². The van der Waals surface area contributed by atoms with Gasteiger partial charge in [0.1, 0.15) is 5.75 Å². The van der Waals surface area contributed by atoms with Gasteiger partial charge in [0, 0.05) is 45.0 Å². The summed E-state index contributed by atoms with van der Waals surface area (Å²) >= 11 is 0. The molecule has 176 valence electrons. The molecule has 0 unspecified atom stereocenters.